The quantitative estimate of drug-likeness (QED) is 0.540. The fourth-order valence-electron chi connectivity index (χ4n) is 2.45. The first-order chi connectivity index (χ1) is 4.97. The molecule has 1 N–H and O–H groups in total. The van der Waals surface area contributed by atoms with Crippen LogP contribution in [0.4, 0.5) is 0 Å². The maximum absolute atomic E-state index is 3.60. The monoisotopic (exact) mass is 139 g/mol. The van der Waals surface area contributed by atoms with Crippen molar-refractivity contribution in [2.24, 2.45) is 5.92 Å². The summed E-state index contributed by atoms with van der Waals surface area (Å²) in [6.07, 6.45) is 8.83. The van der Waals surface area contributed by atoms with E-state index >= 15 is 0 Å². The molecule has 2 unspecified atom stereocenters. The predicted molar refractivity (Wildman–Crippen MR) is 43.0 cm³/mol. The summed E-state index contributed by atoms with van der Waals surface area (Å²) >= 11 is 0. The molecule has 2 fully saturated rings. The molecule has 0 aromatic rings. The second kappa shape index (κ2) is 2.91. The summed E-state index contributed by atoms with van der Waals surface area (Å²) in [5.41, 5.74) is 0. The lowest BCUT2D eigenvalue weighted by atomic mass is 9.96. The number of nitrogens with one attached hydrogen (secondary N) is 1. The molecular weight excluding hydrogens is 122 g/mol. The molecule has 1 nitrogen and oxygen atoms in total. The van der Waals surface area contributed by atoms with Crippen molar-refractivity contribution in [3.05, 3.63) is 0 Å². The highest BCUT2D eigenvalue weighted by molar-refractivity contribution is 4.85. The fraction of sp³-hybridized carbons (Fsp3) is 1.00. The van der Waals surface area contributed by atoms with E-state index in [0.29, 0.717) is 0 Å². The molecule has 1 aliphatic heterocycles. The van der Waals surface area contributed by atoms with Crippen molar-refractivity contribution in [2.75, 3.05) is 6.54 Å². The minimum atomic E-state index is 0.905. The van der Waals surface area contributed by atoms with Crippen LogP contribution in [-0.2, 0) is 0 Å². The van der Waals surface area contributed by atoms with E-state index in [1.54, 1.807) is 0 Å². The maximum Gasteiger partial charge on any atom is 0.00958 e. The first kappa shape index (κ1) is 6.66. The third-order valence-corrected chi connectivity index (χ3v) is 3.08. The summed E-state index contributed by atoms with van der Waals surface area (Å²) < 4.78 is 0. The standard InChI is InChI=1S/C9H17N/c1-2-4-8-6-7-10-9(8)5-3-1/h8-10H,1-7H2. The highest BCUT2D eigenvalue weighted by Gasteiger charge is 2.27. The lowest BCUT2D eigenvalue weighted by Crippen LogP contribution is -2.25. The Morgan fingerprint density at radius 3 is 2.80 bits per heavy atom. The summed E-state index contributed by atoms with van der Waals surface area (Å²) in [6.45, 7) is 1.29. The summed E-state index contributed by atoms with van der Waals surface area (Å²) in [5, 5.41) is 3.60. The molecule has 1 saturated heterocycles. The zero-order valence-corrected chi connectivity index (χ0v) is 6.60. The predicted octanol–water partition coefficient (Wildman–Crippen LogP) is 1.93. The Balaban J connectivity index is 1.95. The van der Waals surface area contributed by atoms with Crippen LogP contribution < -0.4 is 5.32 Å². The summed E-state index contributed by atoms with van der Waals surface area (Å²) in [4.78, 5) is 0. The third-order valence-electron chi connectivity index (χ3n) is 3.08. The Labute approximate surface area is 63.2 Å². The van der Waals surface area contributed by atoms with E-state index < -0.39 is 0 Å². The molecule has 0 spiro atoms. The largest absolute Gasteiger partial charge is 0.314 e. The average Bonchev–Trinajstić information content (AvgIpc) is 2.28. The zero-order chi connectivity index (χ0) is 6.81. The van der Waals surface area contributed by atoms with Gasteiger partial charge >= 0.3 is 0 Å². The Morgan fingerprint density at radius 2 is 1.80 bits per heavy atom. The van der Waals surface area contributed by atoms with Gasteiger partial charge in [-0.2, -0.15) is 0 Å². The molecular formula is C9H17N. The van der Waals surface area contributed by atoms with Gasteiger partial charge in [-0.1, -0.05) is 19.3 Å². The Morgan fingerprint density at radius 1 is 0.900 bits per heavy atom. The molecule has 10 heavy (non-hydrogen) atoms. The lowest BCUT2D eigenvalue weighted by molar-refractivity contribution is 0.425. The number of fused-ring (bicyclic) bond motifs is 1. The van der Waals surface area contributed by atoms with Crippen LogP contribution in [-0.4, -0.2) is 12.6 Å². The van der Waals surface area contributed by atoms with Crippen LogP contribution in [0.25, 0.3) is 0 Å². The topological polar surface area (TPSA) is 12.0 Å². The summed E-state index contributed by atoms with van der Waals surface area (Å²) in [6, 6.07) is 0.905. The highest BCUT2D eigenvalue weighted by Crippen LogP contribution is 2.28. The van der Waals surface area contributed by atoms with Crippen molar-refractivity contribution in [2.45, 2.75) is 44.6 Å². The SMILES string of the molecule is C1CCC2CCNC2CC1. The minimum Gasteiger partial charge on any atom is -0.314 e. The maximum atomic E-state index is 3.60. The molecule has 0 aromatic carbocycles. The van der Waals surface area contributed by atoms with Gasteiger partial charge in [0.15, 0.2) is 0 Å². The van der Waals surface area contributed by atoms with Gasteiger partial charge < -0.3 is 5.32 Å². The number of hydrogen-bond acceptors (Lipinski definition) is 1. The molecule has 1 heterocycles. The first-order valence-corrected chi connectivity index (χ1v) is 4.70. The van der Waals surface area contributed by atoms with E-state index in [-0.39, 0.29) is 0 Å². The molecule has 58 valence electrons. The summed E-state index contributed by atoms with van der Waals surface area (Å²) in [5.74, 6) is 1.04. The lowest BCUT2D eigenvalue weighted by Gasteiger charge is -2.14. The van der Waals surface area contributed by atoms with Gasteiger partial charge in [0.05, 0.1) is 0 Å². The molecule has 1 heteroatoms. The van der Waals surface area contributed by atoms with E-state index in [4.69, 9.17) is 0 Å². The van der Waals surface area contributed by atoms with Crippen molar-refractivity contribution < 1.29 is 0 Å². The van der Waals surface area contributed by atoms with E-state index in [2.05, 4.69) is 5.32 Å². The van der Waals surface area contributed by atoms with Gasteiger partial charge in [-0.05, 0) is 31.7 Å². The molecule has 0 radical (unpaired) electrons. The molecule has 2 atom stereocenters. The van der Waals surface area contributed by atoms with Gasteiger partial charge in [-0.3, -0.25) is 0 Å². The van der Waals surface area contributed by atoms with E-state index in [9.17, 15) is 0 Å². The minimum absolute atomic E-state index is 0.905. The van der Waals surface area contributed by atoms with Crippen LogP contribution >= 0.6 is 0 Å². The molecule has 2 rings (SSSR count). The second-order valence-electron chi connectivity index (χ2n) is 3.75. The zero-order valence-electron chi connectivity index (χ0n) is 6.60. The molecule has 2 aliphatic rings. The first-order valence-electron chi connectivity index (χ1n) is 4.70. The van der Waals surface area contributed by atoms with Crippen molar-refractivity contribution in [1.82, 2.24) is 5.32 Å². The molecule has 0 aromatic heterocycles. The molecule has 1 aliphatic carbocycles. The molecule has 1 saturated carbocycles. The van der Waals surface area contributed by atoms with Crippen molar-refractivity contribution in [3.63, 3.8) is 0 Å². The van der Waals surface area contributed by atoms with Gasteiger partial charge in [-0.15, -0.1) is 0 Å². The summed E-state index contributed by atoms with van der Waals surface area (Å²) in [7, 11) is 0. The van der Waals surface area contributed by atoms with Crippen LogP contribution in [0.3, 0.4) is 0 Å². The van der Waals surface area contributed by atoms with Gasteiger partial charge in [0.25, 0.3) is 0 Å². The van der Waals surface area contributed by atoms with Crippen molar-refractivity contribution >= 4 is 0 Å². The van der Waals surface area contributed by atoms with Crippen LogP contribution in [0, 0.1) is 5.92 Å². The van der Waals surface area contributed by atoms with Crippen LogP contribution in [0.1, 0.15) is 38.5 Å². The van der Waals surface area contributed by atoms with E-state index in [1.807, 2.05) is 0 Å². The van der Waals surface area contributed by atoms with Crippen molar-refractivity contribution in [1.29, 1.82) is 0 Å². The number of hydrogen-bond donors (Lipinski definition) is 1. The molecule has 0 amide bonds. The van der Waals surface area contributed by atoms with E-state index in [0.717, 1.165) is 12.0 Å². The van der Waals surface area contributed by atoms with Gasteiger partial charge in [0, 0.05) is 6.04 Å². The van der Waals surface area contributed by atoms with Gasteiger partial charge in [0.1, 0.15) is 0 Å². The Kier molecular flexibility index (Phi) is 1.94. The third kappa shape index (κ3) is 1.20. The Bertz CT molecular complexity index is 99.3. The van der Waals surface area contributed by atoms with Gasteiger partial charge in [0.2, 0.25) is 0 Å². The average molecular weight is 139 g/mol. The van der Waals surface area contributed by atoms with Gasteiger partial charge in [-0.25, -0.2) is 0 Å². The normalized spacial score (nSPS) is 40.8. The van der Waals surface area contributed by atoms with Crippen LogP contribution in [0.5, 0.6) is 0 Å². The smallest absolute Gasteiger partial charge is 0.00958 e. The van der Waals surface area contributed by atoms with Crippen LogP contribution in [0.15, 0.2) is 0 Å². The highest BCUT2D eigenvalue weighted by atomic mass is 14.9. The molecule has 0 bridgehead atoms. The van der Waals surface area contributed by atoms with Crippen LogP contribution in [0.2, 0.25) is 0 Å². The fourth-order valence-corrected chi connectivity index (χ4v) is 2.45. The second-order valence-corrected chi connectivity index (χ2v) is 3.75. The number of rotatable bonds is 0. The van der Waals surface area contributed by atoms with E-state index in [1.165, 1.54) is 45.1 Å². The Hall–Kier alpha value is -0.0400. The van der Waals surface area contributed by atoms with Crippen molar-refractivity contribution in [3.8, 4) is 0 Å².